The Morgan fingerprint density at radius 3 is 2.64 bits per heavy atom. The van der Waals surface area contributed by atoms with Crippen LogP contribution < -0.4 is 10.6 Å². The Morgan fingerprint density at radius 1 is 1.36 bits per heavy atom. The van der Waals surface area contributed by atoms with Crippen molar-refractivity contribution in [3.8, 4) is 0 Å². The number of rotatable bonds is 5. The van der Waals surface area contributed by atoms with Gasteiger partial charge in [-0.2, -0.15) is 0 Å². The van der Waals surface area contributed by atoms with Gasteiger partial charge in [0.15, 0.2) is 0 Å². The first-order chi connectivity index (χ1) is 10.5. The fourth-order valence-corrected chi connectivity index (χ4v) is 3.17. The average Bonchev–Trinajstić information content (AvgIpc) is 2.50. The highest BCUT2D eigenvalue weighted by Crippen LogP contribution is 2.23. The predicted molar refractivity (Wildman–Crippen MR) is 89.1 cm³/mol. The summed E-state index contributed by atoms with van der Waals surface area (Å²) in [5.41, 5.74) is 3.17. The van der Waals surface area contributed by atoms with E-state index in [-0.39, 0.29) is 11.9 Å². The Kier molecular flexibility index (Phi) is 5.59. The summed E-state index contributed by atoms with van der Waals surface area (Å²) >= 11 is 0. The monoisotopic (exact) mass is 304 g/mol. The van der Waals surface area contributed by atoms with Crippen LogP contribution in [0.15, 0.2) is 18.2 Å². The first-order valence-corrected chi connectivity index (χ1v) is 8.10. The van der Waals surface area contributed by atoms with E-state index in [9.17, 15) is 4.79 Å². The van der Waals surface area contributed by atoms with E-state index in [1.165, 1.54) is 16.7 Å². The standard InChI is InChI=1S/C18H28N2O2/c1-13-5-6-16(14(2)11-13)12-15(3)20-17(21)18(22-4)7-9-19-10-8-18/h5-6,11,15,19H,7-10,12H2,1-4H3,(H,20,21). The molecular formula is C18H28N2O2. The van der Waals surface area contributed by atoms with Crippen molar-refractivity contribution >= 4 is 5.91 Å². The van der Waals surface area contributed by atoms with E-state index in [2.05, 4.69) is 49.6 Å². The Hall–Kier alpha value is -1.39. The third-order valence-electron chi connectivity index (χ3n) is 4.62. The van der Waals surface area contributed by atoms with Crippen molar-refractivity contribution in [2.24, 2.45) is 0 Å². The van der Waals surface area contributed by atoms with Crippen LogP contribution in [0.3, 0.4) is 0 Å². The van der Waals surface area contributed by atoms with Gasteiger partial charge in [0, 0.05) is 13.2 Å². The van der Waals surface area contributed by atoms with Gasteiger partial charge in [0.1, 0.15) is 5.60 Å². The van der Waals surface area contributed by atoms with E-state index in [1.807, 2.05) is 0 Å². The summed E-state index contributed by atoms with van der Waals surface area (Å²) < 4.78 is 5.58. The van der Waals surface area contributed by atoms with Crippen molar-refractivity contribution in [2.75, 3.05) is 20.2 Å². The molecule has 0 spiro atoms. The van der Waals surface area contributed by atoms with Crippen LogP contribution in [0.5, 0.6) is 0 Å². The van der Waals surface area contributed by atoms with Crippen molar-refractivity contribution in [1.82, 2.24) is 10.6 Å². The molecule has 122 valence electrons. The van der Waals surface area contributed by atoms with Crippen molar-refractivity contribution in [1.29, 1.82) is 0 Å². The third kappa shape index (κ3) is 3.87. The summed E-state index contributed by atoms with van der Waals surface area (Å²) in [4.78, 5) is 12.6. The lowest BCUT2D eigenvalue weighted by molar-refractivity contribution is -0.147. The molecular weight excluding hydrogens is 276 g/mol. The summed E-state index contributed by atoms with van der Waals surface area (Å²) in [6, 6.07) is 6.56. The van der Waals surface area contributed by atoms with Gasteiger partial charge in [-0.3, -0.25) is 4.79 Å². The number of amides is 1. The lowest BCUT2D eigenvalue weighted by Crippen LogP contribution is -2.55. The van der Waals surface area contributed by atoms with E-state index >= 15 is 0 Å². The summed E-state index contributed by atoms with van der Waals surface area (Å²) in [5.74, 6) is 0.0220. The number of aryl methyl sites for hydroxylation is 2. The highest BCUT2D eigenvalue weighted by molar-refractivity contribution is 5.85. The second-order valence-electron chi connectivity index (χ2n) is 6.46. The highest BCUT2D eigenvalue weighted by Gasteiger charge is 2.40. The van der Waals surface area contributed by atoms with Crippen LogP contribution in [0.4, 0.5) is 0 Å². The molecule has 0 radical (unpaired) electrons. The smallest absolute Gasteiger partial charge is 0.252 e. The molecule has 1 amide bonds. The molecule has 4 heteroatoms. The second-order valence-corrected chi connectivity index (χ2v) is 6.46. The number of carbonyl (C=O) groups excluding carboxylic acids is 1. The van der Waals surface area contributed by atoms with Gasteiger partial charge in [0.2, 0.25) is 0 Å². The van der Waals surface area contributed by atoms with Crippen LogP contribution >= 0.6 is 0 Å². The third-order valence-corrected chi connectivity index (χ3v) is 4.62. The van der Waals surface area contributed by atoms with Gasteiger partial charge in [0.25, 0.3) is 5.91 Å². The first kappa shape index (κ1) is 17.0. The van der Waals surface area contributed by atoms with Gasteiger partial charge in [-0.15, -0.1) is 0 Å². The number of nitrogens with one attached hydrogen (secondary N) is 2. The van der Waals surface area contributed by atoms with Gasteiger partial charge in [-0.1, -0.05) is 23.8 Å². The van der Waals surface area contributed by atoms with Crippen molar-refractivity contribution in [2.45, 2.75) is 51.7 Å². The zero-order chi connectivity index (χ0) is 16.2. The van der Waals surface area contributed by atoms with Crippen LogP contribution in [0, 0.1) is 13.8 Å². The molecule has 0 aromatic heterocycles. The number of piperidine rings is 1. The van der Waals surface area contributed by atoms with E-state index in [0.29, 0.717) is 0 Å². The lowest BCUT2D eigenvalue weighted by Gasteiger charge is -2.35. The van der Waals surface area contributed by atoms with Gasteiger partial charge >= 0.3 is 0 Å². The molecule has 1 saturated heterocycles. The predicted octanol–water partition coefficient (Wildman–Crippen LogP) is 2.12. The first-order valence-electron chi connectivity index (χ1n) is 8.10. The largest absolute Gasteiger partial charge is 0.368 e. The molecule has 2 N–H and O–H groups in total. The molecule has 1 aromatic carbocycles. The van der Waals surface area contributed by atoms with E-state index in [0.717, 1.165) is 32.4 Å². The quantitative estimate of drug-likeness (QED) is 0.876. The van der Waals surface area contributed by atoms with Gasteiger partial charge in [-0.05, 0) is 64.3 Å². The normalized spacial score (nSPS) is 18.7. The Bertz CT molecular complexity index is 522. The number of hydrogen-bond donors (Lipinski definition) is 2. The molecule has 1 atom stereocenters. The molecule has 1 fully saturated rings. The molecule has 1 aliphatic rings. The second kappa shape index (κ2) is 7.25. The summed E-state index contributed by atoms with van der Waals surface area (Å²) in [6.07, 6.45) is 2.30. The van der Waals surface area contributed by atoms with Crippen LogP contribution in [0.2, 0.25) is 0 Å². The SMILES string of the molecule is COC1(C(=O)NC(C)Cc2ccc(C)cc2C)CCNCC1. The van der Waals surface area contributed by atoms with Crippen LogP contribution in [0.1, 0.15) is 36.5 Å². The Labute approximate surface area is 133 Å². The van der Waals surface area contributed by atoms with E-state index in [1.54, 1.807) is 7.11 Å². The summed E-state index contributed by atoms with van der Waals surface area (Å²) in [7, 11) is 1.64. The topological polar surface area (TPSA) is 50.4 Å². The zero-order valence-electron chi connectivity index (χ0n) is 14.2. The number of carbonyl (C=O) groups is 1. The van der Waals surface area contributed by atoms with Gasteiger partial charge < -0.3 is 15.4 Å². The average molecular weight is 304 g/mol. The minimum Gasteiger partial charge on any atom is -0.368 e. The zero-order valence-corrected chi connectivity index (χ0v) is 14.2. The summed E-state index contributed by atoms with van der Waals surface area (Å²) in [6.45, 7) is 7.93. The van der Waals surface area contributed by atoms with Gasteiger partial charge in [0.05, 0.1) is 0 Å². The fraction of sp³-hybridized carbons (Fsp3) is 0.611. The van der Waals surface area contributed by atoms with Gasteiger partial charge in [-0.25, -0.2) is 0 Å². The van der Waals surface area contributed by atoms with E-state index in [4.69, 9.17) is 4.74 Å². The van der Waals surface area contributed by atoms with E-state index < -0.39 is 5.60 Å². The number of benzene rings is 1. The molecule has 0 bridgehead atoms. The molecule has 22 heavy (non-hydrogen) atoms. The van der Waals surface area contributed by atoms with Crippen molar-refractivity contribution in [3.05, 3.63) is 34.9 Å². The molecule has 2 rings (SSSR count). The maximum absolute atomic E-state index is 12.6. The van der Waals surface area contributed by atoms with Crippen LogP contribution in [-0.4, -0.2) is 37.7 Å². The molecule has 4 nitrogen and oxygen atoms in total. The van der Waals surface area contributed by atoms with Crippen molar-refractivity contribution < 1.29 is 9.53 Å². The number of hydrogen-bond acceptors (Lipinski definition) is 3. The van der Waals surface area contributed by atoms with Crippen LogP contribution in [-0.2, 0) is 16.0 Å². The Morgan fingerprint density at radius 2 is 2.05 bits per heavy atom. The fourth-order valence-electron chi connectivity index (χ4n) is 3.17. The van der Waals surface area contributed by atoms with Crippen LogP contribution in [0.25, 0.3) is 0 Å². The molecule has 1 aliphatic heterocycles. The number of methoxy groups -OCH3 is 1. The maximum Gasteiger partial charge on any atom is 0.252 e. The maximum atomic E-state index is 12.6. The van der Waals surface area contributed by atoms with Crippen molar-refractivity contribution in [3.63, 3.8) is 0 Å². The summed E-state index contributed by atoms with van der Waals surface area (Å²) in [5, 5.41) is 6.41. The Balaban J connectivity index is 1.98. The minimum absolute atomic E-state index is 0.0220. The lowest BCUT2D eigenvalue weighted by atomic mass is 9.90. The highest BCUT2D eigenvalue weighted by atomic mass is 16.5. The number of ether oxygens (including phenoxy) is 1. The molecule has 1 heterocycles. The molecule has 1 aromatic rings. The minimum atomic E-state index is -0.665. The molecule has 1 unspecified atom stereocenters. The molecule has 0 aliphatic carbocycles. The molecule has 0 saturated carbocycles.